The molecule has 10 heavy (non-hydrogen) atoms. The van der Waals surface area contributed by atoms with Crippen molar-refractivity contribution >= 4 is 5.97 Å². The Morgan fingerprint density at radius 2 is 2.00 bits per heavy atom. The molecule has 0 atom stereocenters. The van der Waals surface area contributed by atoms with E-state index in [1.165, 1.54) is 0 Å². The second-order valence-electron chi connectivity index (χ2n) is 1.61. The molecule has 0 aromatic heterocycles. The number of alkyl halides is 3. The third-order valence-corrected chi connectivity index (χ3v) is 0.744. The maximum absolute atomic E-state index is 11.3. The van der Waals surface area contributed by atoms with Gasteiger partial charge in [0.15, 0.2) is 0 Å². The minimum Gasteiger partial charge on any atom is -0.373 e. The molecule has 0 aromatic carbocycles. The number of hydrogen-bond acceptors (Lipinski definition) is 3. The van der Waals surface area contributed by atoms with Crippen molar-refractivity contribution in [2.45, 2.75) is 19.0 Å². The molecule has 0 unspecified atom stereocenters. The summed E-state index contributed by atoms with van der Waals surface area (Å²) in [6.45, 7) is 0. The van der Waals surface area contributed by atoms with Crippen molar-refractivity contribution in [1.29, 1.82) is 0 Å². The average molecular weight is 157 g/mol. The molecule has 0 heterocycles. The molecule has 0 amide bonds. The number of carbonyl (C=O) groups excluding carboxylic acids is 1. The summed E-state index contributed by atoms with van der Waals surface area (Å²) < 4.78 is 33.9. The Bertz CT molecular complexity index is 122. The standard InChI is InChI=1S/C4H6F3NO2/c5-4(6,7)2-1-3(9)10-8/h1-2,8H2. The molecule has 0 aliphatic rings. The molecule has 0 aliphatic heterocycles. The van der Waals surface area contributed by atoms with Crippen molar-refractivity contribution in [3.8, 4) is 0 Å². The number of hydrogen-bond donors (Lipinski definition) is 1. The first-order chi connectivity index (χ1) is 4.45. The molecule has 60 valence electrons. The van der Waals surface area contributed by atoms with E-state index >= 15 is 0 Å². The Balaban J connectivity index is 3.46. The first kappa shape index (κ1) is 9.22. The summed E-state index contributed by atoms with van der Waals surface area (Å²) in [5.41, 5.74) is 0. The van der Waals surface area contributed by atoms with E-state index in [4.69, 9.17) is 0 Å². The van der Waals surface area contributed by atoms with Gasteiger partial charge in [-0.2, -0.15) is 19.1 Å². The summed E-state index contributed by atoms with van der Waals surface area (Å²) in [6.07, 6.45) is -6.24. The van der Waals surface area contributed by atoms with Crippen LogP contribution in [-0.4, -0.2) is 12.1 Å². The largest absolute Gasteiger partial charge is 0.389 e. The highest BCUT2D eigenvalue weighted by Gasteiger charge is 2.28. The predicted octanol–water partition coefficient (Wildman–Crippen LogP) is 0.746. The molecule has 0 radical (unpaired) electrons. The summed E-state index contributed by atoms with van der Waals surface area (Å²) in [7, 11) is 0. The second-order valence-corrected chi connectivity index (χ2v) is 1.61. The monoisotopic (exact) mass is 157 g/mol. The fourth-order valence-electron chi connectivity index (χ4n) is 0.303. The van der Waals surface area contributed by atoms with E-state index in [1.807, 2.05) is 0 Å². The van der Waals surface area contributed by atoms with Crippen molar-refractivity contribution < 1.29 is 22.8 Å². The van der Waals surface area contributed by atoms with Gasteiger partial charge in [-0.25, -0.2) is 0 Å². The minimum absolute atomic E-state index is 0.722. The van der Waals surface area contributed by atoms with Crippen molar-refractivity contribution in [3.63, 3.8) is 0 Å². The van der Waals surface area contributed by atoms with E-state index in [-0.39, 0.29) is 0 Å². The molecular weight excluding hydrogens is 151 g/mol. The Labute approximate surface area is 54.9 Å². The third kappa shape index (κ3) is 5.36. The normalized spacial score (nSPS) is 11.2. The molecule has 6 heteroatoms. The lowest BCUT2D eigenvalue weighted by Crippen LogP contribution is -2.15. The van der Waals surface area contributed by atoms with Gasteiger partial charge < -0.3 is 4.84 Å². The third-order valence-electron chi connectivity index (χ3n) is 0.744. The molecule has 0 bridgehead atoms. The lowest BCUT2D eigenvalue weighted by Gasteiger charge is -2.02. The minimum atomic E-state index is -4.33. The Hall–Kier alpha value is -0.780. The highest BCUT2D eigenvalue weighted by molar-refractivity contribution is 5.68. The Morgan fingerprint density at radius 1 is 1.50 bits per heavy atom. The van der Waals surface area contributed by atoms with Gasteiger partial charge in [0.05, 0.1) is 12.8 Å². The van der Waals surface area contributed by atoms with Crippen LogP contribution < -0.4 is 5.90 Å². The molecule has 0 aliphatic carbocycles. The molecule has 0 fully saturated rings. The van der Waals surface area contributed by atoms with Gasteiger partial charge in [-0.05, 0) is 0 Å². The fraction of sp³-hybridized carbons (Fsp3) is 0.750. The SMILES string of the molecule is NOC(=O)CCC(F)(F)F. The molecule has 2 N–H and O–H groups in total. The van der Waals surface area contributed by atoms with E-state index < -0.39 is 25.0 Å². The smallest absolute Gasteiger partial charge is 0.373 e. The van der Waals surface area contributed by atoms with E-state index in [1.54, 1.807) is 0 Å². The van der Waals surface area contributed by atoms with Crippen molar-refractivity contribution in [1.82, 2.24) is 0 Å². The van der Waals surface area contributed by atoms with Gasteiger partial charge in [0.1, 0.15) is 0 Å². The summed E-state index contributed by atoms with van der Waals surface area (Å²) in [6, 6.07) is 0. The molecule has 0 aromatic rings. The summed E-state index contributed by atoms with van der Waals surface area (Å²) in [4.78, 5) is 13.5. The fourth-order valence-corrected chi connectivity index (χ4v) is 0.303. The molecule has 0 spiro atoms. The zero-order valence-corrected chi connectivity index (χ0v) is 4.94. The van der Waals surface area contributed by atoms with Gasteiger partial charge in [0, 0.05) is 0 Å². The van der Waals surface area contributed by atoms with E-state index in [2.05, 4.69) is 10.7 Å². The number of halogens is 3. The van der Waals surface area contributed by atoms with Crippen molar-refractivity contribution in [2.75, 3.05) is 0 Å². The summed E-state index contributed by atoms with van der Waals surface area (Å²) >= 11 is 0. The van der Waals surface area contributed by atoms with Crippen molar-refractivity contribution in [2.24, 2.45) is 5.90 Å². The average Bonchev–Trinajstić information content (AvgIpc) is 1.81. The molecule has 3 nitrogen and oxygen atoms in total. The zero-order valence-electron chi connectivity index (χ0n) is 4.94. The highest BCUT2D eigenvalue weighted by Crippen LogP contribution is 2.21. The van der Waals surface area contributed by atoms with Crippen LogP contribution in [0, 0.1) is 0 Å². The molecule has 0 saturated carbocycles. The van der Waals surface area contributed by atoms with Crippen LogP contribution in [-0.2, 0) is 9.63 Å². The van der Waals surface area contributed by atoms with Gasteiger partial charge >= 0.3 is 12.1 Å². The first-order valence-electron chi connectivity index (χ1n) is 2.42. The Morgan fingerprint density at radius 3 is 2.30 bits per heavy atom. The second kappa shape index (κ2) is 3.40. The molecule has 0 rings (SSSR count). The van der Waals surface area contributed by atoms with E-state index in [9.17, 15) is 18.0 Å². The van der Waals surface area contributed by atoms with Crippen LogP contribution in [0.5, 0.6) is 0 Å². The van der Waals surface area contributed by atoms with Crippen LogP contribution in [0.4, 0.5) is 13.2 Å². The first-order valence-corrected chi connectivity index (χ1v) is 2.42. The van der Waals surface area contributed by atoms with Crippen LogP contribution in [0.1, 0.15) is 12.8 Å². The zero-order chi connectivity index (χ0) is 8.20. The van der Waals surface area contributed by atoms with E-state index in [0.717, 1.165) is 0 Å². The topological polar surface area (TPSA) is 52.3 Å². The van der Waals surface area contributed by atoms with Gasteiger partial charge in [0.25, 0.3) is 0 Å². The van der Waals surface area contributed by atoms with Crippen molar-refractivity contribution in [3.05, 3.63) is 0 Å². The molecule has 0 saturated heterocycles. The number of rotatable bonds is 2. The lowest BCUT2D eigenvalue weighted by molar-refractivity contribution is -0.157. The van der Waals surface area contributed by atoms with Crippen LogP contribution in [0.25, 0.3) is 0 Å². The van der Waals surface area contributed by atoms with Gasteiger partial charge in [-0.1, -0.05) is 0 Å². The van der Waals surface area contributed by atoms with Crippen LogP contribution in [0.3, 0.4) is 0 Å². The van der Waals surface area contributed by atoms with Crippen LogP contribution in [0.15, 0.2) is 0 Å². The summed E-state index contributed by atoms with van der Waals surface area (Å²) in [5, 5.41) is 0. The number of nitrogens with two attached hydrogens (primary N) is 1. The van der Waals surface area contributed by atoms with Gasteiger partial charge in [-0.3, -0.25) is 4.79 Å². The highest BCUT2D eigenvalue weighted by atomic mass is 19.4. The lowest BCUT2D eigenvalue weighted by atomic mass is 10.3. The Kier molecular flexibility index (Phi) is 3.14. The summed E-state index contributed by atoms with van der Waals surface area (Å²) in [5.74, 6) is 3.23. The quantitative estimate of drug-likeness (QED) is 0.601. The van der Waals surface area contributed by atoms with Gasteiger partial charge in [-0.15, -0.1) is 0 Å². The maximum Gasteiger partial charge on any atom is 0.389 e. The van der Waals surface area contributed by atoms with Crippen LogP contribution >= 0.6 is 0 Å². The maximum atomic E-state index is 11.3. The predicted molar refractivity (Wildman–Crippen MR) is 25.6 cm³/mol. The molecular formula is C4H6F3NO2. The van der Waals surface area contributed by atoms with Crippen LogP contribution in [0.2, 0.25) is 0 Å². The number of carbonyl (C=O) groups is 1. The van der Waals surface area contributed by atoms with E-state index in [0.29, 0.717) is 0 Å². The van der Waals surface area contributed by atoms with Gasteiger partial charge in [0.2, 0.25) is 0 Å².